The zero-order chi connectivity index (χ0) is 12.1. The highest BCUT2D eigenvalue weighted by Crippen LogP contribution is 2.59. The zero-order valence-corrected chi connectivity index (χ0v) is 10.8. The highest BCUT2D eigenvalue weighted by atomic mass is 16.3. The maximum absolute atomic E-state index is 10.2. The Bertz CT molecular complexity index is 255. The van der Waals surface area contributed by atoms with Crippen LogP contribution in [0.3, 0.4) is 0 Å². The lowest BCUT2D eigenvalue weighted by Gasteiger charge is -2.59. The Kier molecular flexibility index (Phi) is 2.71. The van der Waals surface area contributed by atoms with E-state index in [-0.39, 0.29) is 0 Å². The average molecular weight is 224 g/mol. The lowest BCUT2D eigenvalue weighted by Crippen LogP contribution is -2.61. The first-order chi connectivity index (χ1) is 7.23. The Morgan fingerprint density at radius 2 is 1.12 bits per heavy atom. The van der Waals surface area contributed by atoms with Gasteiger partial charge in [0.2, 0.25) is 0 Å². The van der Waals surface area contributed by atoms with Gasteiger partial charge in [-0.25, -0.2) is 0 Å². The second kappa shape index (κ2) is 3.58. The van der Waals surface area contributed by atoms with Gasteiger partial charge < -0.3 is 10.2 Å². The monoisotopic (exact) mass is 224 g/mol. The lowest BCUT2D eigenvalue weighted by molar-refractivity contribution is -0.194. The van der Waals surface area contributed by atoms with Crippen molar-refractivity contribution in [3.63, 3.8) is 0 Å². The molecule has 0 unspecified atom stereocenters. The predicted molar refractivity (Wildman–Crippen MR) is 64.9 cm³/mol. The average Bonchev–Trinajstić information content (AvgIpc) is 2.28. The van der Waals surface area contributed by atoms with Crippen LogP contribution < -0.4 is 0 Å². The van der Waals surface area contributed by atoms with Crippen molar-refractivity contribution >= 4 is 0 Å². The van der Waals surface area contributed by atoms with Crippen LogP contribution in [-0.4, -0.2) is 21.4 Å². The van der Waals surface area contributed by atoms with E-state index in [1.807, 2.05) is 27.7 Å². The van der Waals surface area contributed by atoms with Crippen molar-refractivity contribution in [3.8, 4) is 0 Å². The van der Waals surface area contributed by atoms with E-state index < -0.39 is 11.2 Å². The number of hydrogen-bond donors (Lipinski definition) is 2. The highest BCUT2D eigenvalue weighted by Gasteiger charge is 2.59. The first-order valence-electron chi connectivity index (χ1n) is 6.32. The van der Waals surface area contributed by atoms with Gasteiger partial charge in [-0.1, -0.05) is 12.2 Å². The summed E-state index contributed by atoms with van der Waals surface area (Å²) in [5.41, 5.74) is -1.24. The molecule has 0 aromatic rings. The number of rotatable bonds is 2. The quantitative estimate of drug-likeness (QED) is 0.707. The van der Waals surface area contributed by atoms with Gasteiger partial charge in [0.25, 0.3) is 0 Å². The molecule has 0 amide bonds. The third-order valence-corrected chi connectivity index (χ3v) is 4.46. The Morgan fingerprint density at radius 1 is 0.812 bits per heavy atom. The molecular weight excluding hydrogens is 200 g/mol. The Morgan fingerprint density at radius 3 is 1.38 bits per heavy atom. The third-order valence-electron chi connectivity index (χ3n) is 4.46. The van der Waals surface area contributed by atoms with Gasteiger partial charge in [0.15, 0.2) is 0 Å². The van der Waals surface area contributed by atoms with E-state index in [1.165, 1.54) is 0 Å². The van der Waals surface area contributed by atoms with E-state index in [2.05, 4.69) is 12.2 Å². The van der Waals surface area contributed by atoms with Crippen molar-refractivity contribution in [2.75, 3.05) is 0 Å². The zero-order valence-electron chi connectivity index (χ0n) is 10.8. The fraction of sp³-hybridized carbons (Fsp3) is 0.857. The number of fused-ring (bicyclic) bond motifs is 2. The summed E-state index contributed by atoms with van der Waals surface area (Å²) in [5, 5.41) is 20.5. The van der Waals surface area contributed by atoms with Gasteiger partial charge in [-0.15, -0.1) is 0 Å². The van der Waals surface area contributed by atoms with Crippen LogP contribution in [0.15, 0.2) is 12.2 Å². The van der Waals surface area contributed by atoms with E-state index in [0.29, 0.717) is 23.7 Å². The molecule has 3 rings (SSSR count). The summed E-state index contributed by atoms with van der Waals surface area (Å²) in [6, 6.07) is 0. The molecule has 1 fully saturated rings. The van der Waals surface area contributed by atoms with Gasteiger partial charge in [0, 0.05) is 0 Å². The molecule has 0 heterocycles. The Hall–Kier alpha value is -0.340. The van der Waals surface area contributed by atoms with Crippen molar-refractivity contribution in [1.29, 1.82) is 0 Å². The second-order valence-electron chi connectivity index (χ2n) is 6.63. The molecule has 0 aromatic carbocycles. The minimum atomic E-state index is -0.622. The van der Waals surface area contributed by atoms with Crippen molar-refractivity contribution in [3.05, 3.63) is 12.2 Å². The molecule has 2 nitrogen and oxygen atoms in total. The van der Waals surface area contributed by atoms with E-state index in [1.54, 1.807) is 0 Å². The second-order valence-corrected chi connectivity index (χ2v) is 6.63. The summed E-state index contributed by atoms with van der Waals surface area (Å²) in [5.74, 6) is 1.53. The standard InChI is InChI=1S/C14H24O2/c1-13(2,15)11-9-7-5-6-8-10(11)12(9)14(3,4)16/h5-6,9-12,15-16H,7-8H2,1-4H3. The highest BCUT2D eigenvalue weighted by molar-refractivity contribution is 5.13. The minimum Gasteiger partial charge on any atom is -0.390 e. The van der Waals surface area contributed by atoms with E-state index in [0.717, 1.165) is 12.8 Å². The van der Waals surface area contributed by atoms with Gasteiger partial charge >= 0.3 is 0 Å². The molecule has 0 radical (unpaired) electrons. The molecule has 2 bridgehead atoms. The Labute approximate surface area is 98.4 Å². The van der Waals surface area contributed by atoms with Crippen molar-refractivity contribution in [1.82, 2.24) is 0 Å². The normalized spacial score (nSPS) is 39.1. The van der Waals surface area contributed by atoms with Gasteiger partial charge in [-0.2, -0.15) is 0 Å². The van der Waals surface area contributed by atoms with Crippen LogP contribution in [0.25, 0.3) is 0 Å². The number of hydrogen-bond acceptors (Lipinski definition) is 2. The maximum Gasteiger partial charge on any atom is 0.0625 e. The summed E-state index contributed by atoms with van der Waals surface area (Å²) >= 11 is 0. The fourth-order valence-corrected chi connectivity index (χ4v) is 4.12. The Balaban J connectivity index is 2.25. The van der Waals surface area contributed by atoms with Crippen molar-refractivity contribution in [2.24, 2.45) is 23.7 Å². The molecular formula is C14H24O2. The molecule has 0 spiro atoms. The molecule has 3 aliphatic rings. The van der Waals surface area contributed by atoms with Crippen LogP contribution in [0.1, 0.15) is 40.5 Å². The molecule has 2 N–H and O–H groups in total. The number of aliphatic hydroxyl groups is 2. The minimum absolute atomic E-state index is 0.332. The maximum atomic E-state index is 10.2. The van der Waals surface area contributed by atoms with Crippen molar-refractivity contribution in [2.45, 2.75) is 51.7 Å². The predicted octanol–water partition coefficient (Wildman–Crippen LogP) is 2.36. The van der Waals surface area contributed by atoms with E-state index in [9.17, 15) is 10.2 Å². The lowest BCUT2D eigenvalue weighted by atomic mass is 9.47. The van der Waals surface area contributed by atoms with Gasteiger partial charge in [0.1, 0.15) is 0 Å². The molecule has 1 saturated carbocycles. The summed E-state index contributed by atoms with van der Waals surface area (Å²) in [6.07, 6.45) is 6.43. The van der Waals surface area contributed by atoms with E-state index in [4.69, 9.17) is 0 Å². The SMILES string of the molecule is CC(C)(O)C1C2CC=CCC1C2C(C)(C)O. The summed E-state index contributed by atoms with van der Waals surface area (Å²) < 4.78 is 0. The van der Waals surface area contributed by atoms with Crippen LogP contribution in [0, 0.1) is 23.7 Å². The van der Waals surface area contributed by atoms with Crippen LogP contribution in [-0.2, 0) is 0 Å². The van der Waals surface area contributed by atoms with Crippen LogP contribution in [0.2, 0.25) is 0 Å². The molecule has 92 valence electrons. The van der Waals surface area contributed by atoms with Crippen LogP contribution >= 0.6 is 0 Å². The molecule has 0 aromatic heterocycles. The van der Waals surface area contributed by atoms with Crippen LogP contribution in [0.4, 0.5) is 0 Å². The largest absolute Gasteiger partial charge is 0.390 e. The van der Waals surface area contributed by atoms with E-state index >= 15 is 0 Å². The third kappa shape index (κ3) is 1.82. The first-order valence-corrected chi connectivity index (χ1v) is 6.32. The summed E-state index contributed by atoms with van der Waals surface area (Å²) in [4.78, 5) is 0. The number of allylic oxidation sites excluding steroid dienone is 2. The van der Waals surface area contributed by atoms with Crippen molar-refractivity contribution < 1.29 is 10.2 Å². The smallest absolute Gasteiger partial charge is 0.0625 e. The fourth-order valence-electron chi connectivity index (χ4n) is 4.12. The molecule has 0 saturated heterocycles. The van der Waals surface area contributed by atoms with Gasteiger partial charge in [-0.05, 0) is 64.2 Å². The summed E-state index contributed by atoms with van der Waals surface area (Å²) in [6.45, 7) is 7.63. The molecule has 0 atom stereocenters. The summed E-state index contributed by atoms with van der Waals surface area (Å²) in [7, 11) is 0. The molecule has 2 heteroatoms. The molecule has 0 aliphatic heterocycles. The topological polar surface area (TPSA) is 40.5 Å². The van der Waals surface area contributed by atoms with Crippen LogP contribution in [0.5, 0.6) is 0 Å². The molecule has 16 heavy (non-hydrogen) atoms. The molecule has 3 aliphatic carbocycles. The van der Waals surface area contributed by atoms with Gasteiger partial charge in [0.05, 0.1) is 11.2 Å². The first kappa shape index (κ1) is 12.1. The van der Waals surface area contributed by atoms with Gasteiger partial charge in [-0.3, -0.25) is 0 Å².